The molecule has 0 aromatic carbocycles. The molecule has 2 aliphatic heterocycles. The van der Waals surface area contributed by atoms with Crippen molar-refractivity contribution in [3.05, 3.63) is 12.0 Å². The fraction of sp³-hybridized carbons (Fsp3) is 0.786. The Kier molecular flexibility index (Phi) is 4.93. The first kappa shape index (κ1) is 14.0. The van der Waals surface area contributed by atoms with Crippen molar-refractivity contribution in [3.63, 3.8) is 0 Å². The Labute approximate surface area is 114 Å². The number of hydrogen-bond donors (Lipinski definition) is 1. The predicted octanol–water partition coefficient (Wildman–Crippen LogP) is 2.09. The minimum Gasteiger partial charge on any atom is -0.494 e. The summed E-state index contributed by atoms with van der Waals surface area (Å²) in [5.74, 6) is 1.26. The molecule has 2 heterocycles. The normalized spacial score (nSPS) is 27.7. The summed E-state index contributed by atoms with van der Waals surface area (Å²) in [5.41, 5.74) is 0. The zero-order valence-electron chi connectivity index (χ0n) is 11.9. The molecule has 2 amide bonds. The number of nitrogens with zero attached hydrogens (tertiary/aromatic N) is 1. The van der Waals surface area contributed by atoms with E-state index in [9.17, 15) is 4.79 Å². The lowest BCUT2D eigenvalue weighted by molar-refractivity contribution is 0.0808. The Hall–Kier alpha value is -1.39. The lowest BCUT2D eigenvalue weighted by Crippen LogP contribution is -2.46. The van der Waals surface area contributed by atoms with Crippen LogP contribution < -0.4 is 5.32 Å². The minimum absolute atomic E-state index is 0.00340. The van der Waals surface area contributed by atoms with Gasteiger partial charge < -0.3 is 19.7 Å². The van der Waals surface area contributed by atoms with Gasteiger partial charge in [0.25, 0.3) is 0 Å². The fourth-order valence-corrected chi connectivity index (χ4v) is 2.57. The van der Waals surface area contributed by atoms with Crippen LogP contribution in [0.5, 0.6) is 0 Å². The molecule has 0 aromatic heterocycles. The number of urea groups is 1. The predicted molar refractivity (Wildman–Crippen MR) is 72.6 cm³/mol. The van der Waals surface area contributed by atoms with E-state index in [0.29, 0.717) is 37.5 Å². The molecule has 2 rings (SSSR count). The van der Waals surface area contributed by atoms with Crippen LogP contribution in [0.3, 0.4) is 0 Å². The molecular weight excluding hydrogens is 244 g/mol. The molecule has 2 atom stereocenters. The highest BCUT2D eigenvalue weighted by Crippen LogP contribution is 2.20. The number of carbonyl (C=O) groups is 1. The summed E-state index contributed by atoms with van der Waals surface area (Å²) in [7, 11) is 0. The van der Waals surface area contributed by atoms with Crippen LogP contribution >= 0.6 is 0 Å². The summed E-state index contributed by atoms with van der Waals surface area (Å²) >= 11 is 0. The van der Waals surface area contributed by atoms with E-state index < -0.39 is 0 Å². The Bertz CT molecular complexity index is 344. The monoisotopic (exact) mass is 268 g/mol. The lowest BCUT2D eigenvalue weighted by Gasteiger charge is -2.29. The van der Waals surface area contributed by atoms with Gasteiger partial charge in [-0.2, -0.15) is 0 Å². The Morgan fingerprint density at radius 2 is 2.26 bits per heavy atom. The molecule has 0 aromatic rings. The van der Waals surface area contributed by atoms with Crippen LogP contribution in [0, 0.1) is 5.92 Å². The maximum absolute atomic E-state index is 12.2. The molecule has 0 saturated carbocycles. The SMILES string of the molecule is C[C@@H]1CCC[C@@H](C)N(C(=O)NCC2=COCCO2)C1. The van der Waals surface area contributed by atoms with Crippen molar-refractivity contribution < 1.29 is 14.3 Å². The van der Waals surface area contributed by atoms with Crippen LogP contribution in [0.15, 0.2) is 12.0 Å². The summed E-state index contributed by atoms with van der Waals surface area (Å²) < 4.78 is 10.6. The number of ether oxygens (including phenoxy) is 2. The van der Waals surface area contributed by atoms with Gasteiger partial charge in [-0.05, 0) is 25.7 Å². The van der Waals surface area contributed by atoms with Crippen LogP contribution in [-0.4, -0.2) is 43.3 Å². The third-order valence-corrected chi connectivity index (χ3v) is 3.74. The first-order valence-electron chi connectivity index (χ1n) is 7.14. The molecule has 5 heteroatoms. The average molecular weight is 268 g/mol. The van der Waals surface area contributed by atoms with Crippen LogP contribution in [0.1, 0.15) is 33.1 Å². The summed E-state index contributed by atoms with van der Waals surface area (Å²) in [5, 5.41) is 2.91. The number of rotatable bonds is 2. The molecule has 1 N–H and O–H groups in total. The maximum Gasteiger partial charge on any atom is 0.318 e. The van der Waals surface area contributed by atoms with E-state index in [1.165, 1.54) is 12.8 Å². The second-order valence-corrected chi connectivity index (χ2v) is 5.50. The van der Waals surface area contributed by atoms with Crippen LogP contribution in [0.2, 0.25) is 0 Å². The van der Waals surface area contributed by atoms with Gasteiger partial charge >= 0.3 is 6.03 Å². The van der Waals surface area contributed by atoms with E-state index in [1.807, 2.05) is 4.90 Å². The van der Waals surface area contributed by atoms with Crippen LogP contribution in [0.25, 0.3) is 0 Å². The molecule has 0 aliphatic carbocycles. The van der Waals surface area contributed by atoms with Crippen molar-refractivity contribution in [2.75, 3.05) is 26.3 Å². The van der Waals surface area contributed by atoms with Crippen molar-refractivity contribution in [3.8, 4) is 0 Å². The number of hydrogen-bond acceptors (Lipinski definition) is 3. The molecule has 1 fully saturated rings. The number of amides is 2. The van der Waals surface area contributed by atoms with E-state index in [1.54, 1.807) is 6.26 Å². The molecule has 19 heavy (non-hydrogen) atoms. The maximum atomic E-state index is 12.2. The third-order valence-electron chi connectivity index (χ3n) is 3.74. The number of carbonyl (C=O) groups excluding carboxylic acids is 1. The zero-order valence-corrected chi connectivity index (χ0v) is 11.9. The van der Waals surface area contributed by atoms with E-state index in [4.69, 9.17) is 9.47 Å². The highest BCUT2D eigenvalue weighted by Gasteiger charge is 2.25. The van der Waals surface area contributed by atoms with Gasteiger partial charge in [-0.1, -0.05) is 13.3 Å². The molecule has 0 bridgehead atoms. The first-order chi connectivity index (χ1) is 9.16. The van der Waals surface area contributed by atoms with Gasteiger partial charge in [-0.15, -0.1) is 0 Å². The summed E-state index contributed by atoms with van der Waals surface area (Å²) in [6, 6.07) is 0.304. The molecule has 1 saturated heterocycles. The largest absolute Gasteiger partial charge is 0.494 e. The number of nitrogens with one attached hydrogen (secondary N) is 1. The molecule has 108 valence electrons. The van der Waals surface area contributed by atoms with Crippen molar-refractivity contribution in [1.29, 1.82) is 0 Å². The molecular formula is C14H24N2O3. The highest BCUT2D eigenvalue weighted by molar-refractivity contribution is 5.74. The van der Waals surface area contributed by atoms with E-state index in [0.717, 1.165) is 13.0 Å². The molecule has 5 nitrogen and oxygen atoms in total. The summed E-state index contributed by atoms with van der Waals surface area (Å²) in [6.45, 7) is 6.70. The summed E-state index contributed by atoms with van der Waals surface area (Å²) in [4.78, 5) is 14.2. The Morgan fingerprint density at radius 1 is 1.42 bits per heavy atom. The molecule has 2 aliphatic rings. The molecule has 0 spiro atoms. The van der Waals surface area contributed by atoms with Crippen LogP contribution in [0.4, 0.5) is 4.79 Å². The van der Waals surface area contributed by atoms with Gasteiger partial charge in [0.15, 0.2) is 0 Å². The lowest BCUT2D eigenvalue weighted by atomic mass is 10.1. The van der Waals surface area contributed by atoms with Gasteiger partial charge in [-0.3, -0.25) is 0 Å². The van der Waals surface area contributed by atoms with Gasteiger partial charge in [-0.25, -0.2) is 4.79 Å². The Balaban J connectivity index is 1.85. The van der Waals surface area contributed by atoms with Gasteiger partial charge in [0.05, 0.1) is 6.54 Å². The summed E-state index contributed by atoms with van der Waals surface area (Å²) in [6.07, 6.45) is 5.07. The fourth-order valence-electron chi connectivity index (χ4n) is 2.57. The van der Waals surface area contributed by atoms with Crippen molar-refractivity contribution in [2.24, 2.45) is 5.92 Å². The molecule has 0 radical (unpaired) electrons. The van der Waals surface area contributed by atoms with Crippen LogP contribution in [-0.2, 0) is 9.47 Å². The minimum atomic E-state index is -0.00340. The second-order valence-electron chi connectivity index (χ2n) is 5.50. The van der Waals surface area contributed by atoms with Gasteiger partial charge in [0.2, 0.25) is 0 Å². The Morgan fingerprint density at radius 3 is 3.00 bits per heavy atom. The smallest absolute Gasteiger partial charge is 0.318 e. The van der Waals surface area contributed by atoms with E-state index in [2.05, 4.69) is 19.2 Å². The topological polar surface area (TPSA) is 50.8 Å². The third kappa shape index (κ3) is 4.04. The van der Waals surface area contributed by atoms with Gasteiger partial charge in [0.1, 0.15) is 25.2 Å². The number of likely N-dealkylation sites (tertiary alicyclic amines) is 1. The second kappa shape index (κ2) is 6.68. The quantitative estimate of drug-likeness (QED) is 0.834. The van der Waals surface area contributed by atoms with Crippen molar-refractivity contribution in [1.82, 2.24) is 10.2 Å². The molecule has 0 unspecified atom stereocenters. The highest BCUT2D eigenvalue weighted by atomic mass is 16.6. The van der Waals surface area contributed by atoms with Crippen molar-refractivity contribution >= 4 is 6.03 Å². The standard InChI is InChI=1S/C14H24N2O3/c1-11-4-3-5-12(2)16(9-11)14(17)15-8-13-10-18-6-7-19-13/h10-12H,3-9H2,1-2H3,(H,15,17)/t11-,12-/m1/s1. The van der Waals surface area contributed by atoms with E-state index >= 15 is 0 Å². The average Bonchev–Trinajstić information content (AvgIpc) is 2.59. The van der Waals surface area contributed by atoms with E-state index in [-0.39, 0.29) is 6.03 Å². The first-order valence-corrected chi connectivity index (χ1v) is 7.14. The van der Waals surface area contributed by atoms with Crippen molar-refractivity contribution in [2.45, 2.75) is 39.2 Å². The zero-order chi connectivity index (χ0) is 13.7. The van der Waals surface area contributed by atoms with Gasteiger partial charge in [0, 0.05) is 12.6 Å².